The summed E-state index contributed by atoms with van der Waals surface area (Å²) in [6.45, 7) is 4.31. The summed E-state index contributed by atoms with van der Waals surface area (Å²) < 4.78 is 5.96. The lowest BCUT2D eigenvalue weighted by Gasteiger charge is -2.18. The Bertz CT molecular complexity index is 681. The Balaban J connectivity index is 1.85. The van der Waals surface area contributed by atoms with Crippen LogP contribution in [0.4, 0.5) is 5.82 Å². The van der Waals surface area contributed by atoms with Gasteiger partial charge in [-0.3, -0.25) is 0 Å². The maximum Gasteiger partial charge on any atom is 0.138 e. The summed E-state index contributed by atoms with van der Waals surface area (Å²) in [5.74, 6) is 2.32. The Morgan fingerprint density at radius 3 is 2.75 bits per heavy atom. The fourth-order valence-corrected chi connectivity index (χ4v) is 4.56. The number of nitrogens with zero attached hydrogens (tertiary/aromatic N) is 2. The first kappa shape index (κ1) is 12.5. The molecule has 3 atom stereocenters. The van der Waals surface area contributed by atoms with Gasteiger partial charge in [0.05, 0.1) is 17.6 Å². The van der Waals surface area contributed by atoms with Gasteiger partial charge in [-0.15, -0.1) is 11.3 Å². The van der Waals surface area contributed by atoms with Crippen LogP contribution in [0, 0.1) is 13.8 Å². The third-order valence-corrected chi connectivity index (χ3v) is 5.82. The van der Waals surface area contributed by atoms with Gasteiger partial charge in [0, 0.05) is 17.8 Å². The summed E-state index contributed by atoms with van der Waals surface area (Å²) in [5.41, 5.74) is 1.30. The molecule has 2 aliphatic rings. The zero-order valence-electron chi connectivity index (χ0n) is 12.1. The molecule has 2 saturated heterocycles. The Hall–Kier alpha value is -1.20. The minimum absolute atomic E-state index is 0.337. The van der Waals surface area contributed by atoms with Crippen molar-refractivity contribution in [3.8, 4) is 0 Å². The number of nitrogens with one attached hydrogen (secondary N) is 1. The molecule has 0 saturated carbocycles. The number of thiophene rings is 1. The van der Waals surface area contributed by atoms with Crippen LogP contribution in [0.15, 0.2) is 0 Å². The molecule has 0 aromatic carbocycles. The second-order valence-corrected chi connectivity index (χ2v) is 7.06. The molecule has 4 rings (SSSR count). The third kappa shape index (κ3) is 1.69. The lowest BCUT2D eigenvalue weighted by Crippen LogP contribution is -2.17. The SMILES string of the molecule is CNc1nc(C2CC3CCC2O3)nc2sc(C)c(C)c12. The molecule has 20 heavy (non-hydrogen) atoms. The van der Waals surface area contributed by atoms with Crippen LogP contribution < -0.4 is 5.32 Å². The second-order valence-electron chi connectivity index (χ2n) is 5.86. The Labute approximate surface area is 122 Å². The van der Waals surface area contributed by atoms with Gasteiger partial charge in [0.2, 0.25) is 0 Å². The smallest absolute Gasteiger partial charge is 0.138 e. The predicted octanol–water partition coefficient (Wildman–Crippen LogP) is 3.38. The second kappa shape index (κ2) is 4.40. The third-order valence-electron chi connectivity index (χ3n) is 4.72. The predicted molar refractivity (Wildman–Crippen MR) is 81.7 cm³/mol. The van der Waals surface area contributed by atoms with Crippen molar-refractivity contribution in [3.63, 3.8) is 0 Å². The number of anilines is 1. The molecule has 4 heterocycles. The highest BCUT2D eigenvalue weighted by molar-refractivity contribution is 7.18. The van der Waals surface area contributed by atoms with Crippen molar-refractivity contribution in [3.05, 3.63) is 16.3 Å². The molecule has 2 aromatic rings. The minimum atomic E-state index is 0.337. The number of rotatable bonds is 2. The number of hydrogen-bond donors (Lipinski definition) is 1. The molecule has 0 aliphatic carbocycles. The minimum Gasteiger partial charge on any atom is -0.374 e. The van der Waals surface area contributed by atoms with E-state index < -0.39 is 0 Å². The fourth-order valence-electron chi connectivity index (χ4n) is 3.52. The molecule has 4 nitrogen and oxygen atoms in total. The van der Waals surface area contributed by atoms with Crippen molar-refractivity contribution in [1.29, 1.82) is 0 Å². The van der Waals surface area contributed by atoms with E-state index in [2.05, 4.69) is 19.2 Å². The van der Waals surface area contributed by atoms with Gasteiger partial charge in [-0.05, 0) is 38.7 Å². The number of hydrogen-bond acceptors (Lipinski definition) is 5. The monoisotopic (exact) mass is 289 g/mol. The van der Waals surface area contributed by atoms with Crippen LogP contribution in [0.3, 0.4) is 0 Å². The maximum absolute atomic E-state index is 5.96. The van der Waals surface area contributed by atoms with Crippen molar-refractivity contribution in [2.24, 2.45) is 0 Å². The molecule has 1 N–H and O–H groups in total. The van der Waals surface area contributed by atoms with Gasteiger partial charge in [0.25, 0.3) is 0 Å². The summed E-state index contributed by atoms with van der Waals surface area (Å²) in [4.78, 5) is 12.1. The number of aromatic nitrogens is 2. The molecular formula is C15H19N3OS. The first-order valence-electron chi connectivity index (χ1n) is 7.28. The summed E-state index contributed by atoms with van der Waals surface area (Å²) in [7, 11) is 1.94. The largest absolute Gasteiger partial charge is 0.374 e. The van der Waals surface area contributed by atoms with Crippen LogP contribution in [0.2, 0.25) is 0 Å². The molecule has 0 amide bonds. The molecule has 2 aliphatic heterocycles. The lowest BCUT2D eigenvalue weighted by atomic mass is 9.88. The van der Waals surface area contributed by atoms with Crippen LogP contribution in [-0.4, -0.2) is 29.2 Å². The van der Waals surface area contributed by atoms with Crippen LogP contribution in [0.25, 0.3) is 10.2 Å². The van der Waals surface area contributed by atoms with Crippen molar-refractivity contribution in [2.45, 2.75) is 51.2 Å². The van der Waals surface area contributed by atoms with Crippen LogP contribution in [0.5, 0.6) is 0 Å². The fraction of sp³-hybridized carbons (Fsp3) is 0.600. The molecular weight excluding hydrogens is 270 g/mol. The van der Waals surface area contributed by atoms with Gasteiger partial charge in [0.15, 0.2) is 0 Å². The molecule has 0 spiro atoms. The van der Waals surface area contributed by atoms with Crippen molar-refractivity contribution in [1.82, 2.24) is 9.97 Å². The maximum atomic E-state index is 5.96. The average Bonchev–Trinajstić information content (AvgIpc) is 3.14. The lowest BCUT2D eigenvalue weighted by molar-refractivity contribution is 0.0999. The topological polar surface area (TPSA) is 47.0 Å². The van der Waals surface area contributed by atoms with Gasteiger partial charge in [-0.1, -0.05) is 0 Å². The first-order chi connectivity index (χ1) is 9.67. The van der Waals surface area contributed by atoms with E-state index in [1.807, 2.05) is 7.05 Å². The molecule has 2 bridgehead atoms. The van der Waals surface area contributed by atoms with Gasteiger partial charge in [-0.2, -0.15) is 0 Å². The Morgan fingerprint density at radius 1 is 1.25 bits per heavy atom. The van der Waals surface area contributed by atoms with Gasteiger partial charge >= 0.3 is 0 Å². The van der Waals surface area contributed by atoms with E-state index in [-0.39, 0.29) is 0 Å². The quantitative estimate of drug-likeness (QED) is 0.920. The van der Waals surface area contributed by atoms with E-state index in [0.29, 0.717) is 18.1 Å². The number of aryl methyl sites for hydroxylation is 2. The Kier molecular flexibility index (Phi) is 2.76. The highest BCUT2D eigenvalue weighted by atomic mass is 32.1. The van der Waals surface area contributed by atoms with E-state index >= 15 is 0 Å². The molecule has 106 valence electrons. The molecule has 2 fully saturated rings. The highest BCUT2D eigenvalue weighted by Gasteiger charge is 2.43. The van der Waals surface area contributed by atoms with E-state index in [9.17, 15) is 0 Å². The van der Waals surface area contributed by atoms with Gasteiger partial charge in [-0.25, -0.2) is 9.97 Å². The van der Waals surface area contributed by atoms with E-state index in [1.54, 1.807) is 11.3 Å². The van der Waals surface area contributed by atoms with Gasteiger partial charge < -0.3 is 10.1 Å². The van der Waals surface area contributed by atoms with E-state index in [0.717, 1.165) is 29.3 Å². The summed E-state index contributed by atoms with van der Waals surface area (Å²) in [6.07, 6.45) is 4.23. The zero-order chi connectivity index (χ0) is 13.9. The Morgan fingerprint density at radius 2 is 2.10 bits per heavy atom. The van der Waals surface area contributed by atoms with Crippen molar-refractivity contribution < 1.29 is 4.74 Å². The van der Waals surface area contributed by atoms with Crippen LogP contribution >= 0.6 is 11.3 Å². The van der Waals surface area contributed by atoms with E-state index in [1.165, 1.54) is 22.2 Å². The summed E-state index contributed by atoms with van der Waals surface area (Å²) in [6, 6.07) is 0. The number of ether oxygens (including phenoxy) is 1. The molecule has 3 unspecified atom stereocenters. The highest BCUT2D eigenvalue weighted by Crippen LogP contribution is 2.44. The van der Waals surface area contributed by atoms with E-state index in [4.69, 9.17) is 14.7 Å². The molecule has 0 radical (unpaired) electrons. The average molecular weight is 289 g/mol. The molecule has 5 heteroatoms. The summed E-state index contributed by atoms with van der Waals surface area (Å²) in [5, 5.41) is 4.43. The summed E-state index contributed by atoms with van der Waals surface area (Å²) >= 11 is 1.77. The molecule has 2 aromatic heterocycles. The standard InChI is InChI=1S/C15H19N3OS/c1-7-8(2)20-15-12(7)14(16-3)17-13(18-15)10-6-9-4-5-11(10)19-9/h9-11H,4-6H2,1-3H3,(H,16,17,18). The zero-order valence-corrected chi connectivity index (χ0v) is 12.9. The van der Waals surface area contributed by atoms with Gasteiger partial charge in [0.1, 0.15) is 16.5 Å². The van der Waals surface area contributed by atoms with Crippen molar-refractivity contribution in [2.75, 3.05) is 12.4 Å². The van der Waals surface area contributed by atoms with Crippen LogP contribution in [-0.2, 0) is 4.74 Å². The number of fused-ring (bicyclic) bond motifs is 3. The van der Waals surface area contributed by atoms with Crippen molar-refractivity contribution >= 4 is 27.4 Å². The van der Waals surface area contributed by atoms with Crippen LogP contribution in [0.1, 0.15) is 41.4 Å². The normalized spacial score (nSPS) is 28.4. The first-order valence-corrected chi connectivity index (χ1v) is 8.10.